The molecule has 148 valence electrons. The smallest absolute Gasteiger partial charge is 0.295 e. The molecule has 0 unspecified atom stereocenters. The number of amides is 2. The predicted octanol–water partition coefficient (Wildman–Crippen LogP) is 2.18. The van der Waals surface area contributed by atoms with Gasteiger partial charge in [0.05, 0.1) is 5.56 Å². The number of H-pyrrole nitrogens is 1. The number of benzene rings is 2. The second-order valence-corrected chi connectivity index (χ2v) is 6.83. The van der Waals surface area contributed by atoms with E-state index < -0.39 is 17.5 Å². The lowest BCUT2D eigenvalue weighted by Crippen LogP contribution is -2.52. The van der Waals surface area contributed by atoms with Gasteiger partial charge in [-0.2, -0.15) is 0 Å². The summed E-state index contributed by atoms with van der Waals surface area (Å²) < 4.78 is 14.1. The number of nitrogens with one attached hydrogen (secondary N) is 1. The number of phenols is 1. The highest BCUT2D eigenvalue weighted by molar-refractivity contribution is 6.44. The number of phenolic OH excluding ortho intramolecular Hbond substituents is 1. The van der Waals surface area contributed by atoms with Gasteiger partial charge in [-0.05, 0) is 30.3 Å². The van der Waals surface area contributed by atoms with Crippen LogP contribution in [0, 0.1) is 5.82 Å². The number of ketones is 1. The molecule has 29 heavy (non-hydrogen) atoms. The van der Waals surface area contributed by atoms with Crippen LogP contribution in [0.3, 0.4) is 0 Å². The largest absolute Gasteiger partial charge is 0.508 e. The van der Waals surface area contributed by atoms with Crippen LogP contribution in [0.5, 0.6) is 5.75 Å². The molecular weight excluding hydrogens is 377 g/mol. The number of aromatic hydroxyl groups is 1. The molecule has 1 fully saturated rings. The maximum atomic E-state index is 14.1. The molecule has 3 aromatic rings. The van der Waals surface area contributed by atoms with Gasteiger partial charge in [-0.3, -0.25) is 14.4 Å². The lowest BCUT2D eigenvalue weighted by Gasteiger charge is -2.34. The Bertz CT molecular complexity index is 1120. The molecule has 0 spiro atoms. The van der Waals surface area contributed by atoms with Gasteiger partial charge in [0, 0.05) is 48.8 Å². The molecule has 0 radical (unpaired) electrons. The van der Waals surface area contributed by atoms with Crippen molar-refractivity contribution in [2.75, 3.05) is 26.2 Å². The number of hydrogen-bond acceptors (Lipinski definition) is 4. The first-order valence-corrected chi connectivity index (χ1v) is 9.13. The Balaban J connectivity index is 1.45. The Labute approximate surface area is 165 Å². The standard InChI is InChI=1S/C21H18FN3O4/c22-16-5-2-6-17-18(16)15(12-23-17)19(27)21(29)25-9-7-24(8-10-25)20(28)13-3-1-4-14(26)11-13/h1-6,11-12,23,26H,7-10H2. The van der Waals surface area contributed by atoms with Crippen molar-refractivity contribution < 1.29 is 23.9 Å². The molecule has 4 rings (SSSR count). The fourth-order valence-corrected chi connectivity index (χ4v) is 3.51. The first-order chi connectivity index (χ1) is 14.0. The average molecular weight is 395 g/mol. The summed E-state index contributed by atoms with van der Waals surface area (Å²) in [4.78, 5) is 43.6. The minimum atomic E-state index is -0.783. The van der Waals surface area contributed by atoms with Crippen LogP contribution in [-0.4, -0.2) is 63.7 Å². The number of nitrogens with zero attached hydrogens (tertiary/aromatic N) is 2. The quantitative estimate of drug-likeness (QED) is 0.525. The van der Waals surface area contributed by atoms with Crippen LogP contribution >= 0.6 is 0 Å². The average Bonchev–Trinajstić information content (AvgIpc) is 3.18. The molecule has 0 aliphatic carbocycles. The zero-order valence-corrected chi connectivity index (χ0v) is 15.4. The molecule has 1 aromatic heterocycles. The predicted molar refractivity (Wildman–Crippen MR) is 103 cm³/mol. The maximum Gasteiger partial charge on any atom is 0.295 e. The van der Waals surface area contributed by atoms with Crippen LogP contribution in [0.4, 0.5) is 4.39 Å². The Morgan fingerprint density at radius 3 is 2.38 bits per heavy atom. The van der Waals surface area contributed by atoms with Gasteiger partial charge in [-0.15, -0.1) is 0 Å². The van der Waals surface area contributed by atoms with E-state index in [0.29, 0.717) is 11.1 Å². The summed E-state index contributed by atoms with van der Waals surface area (Å²) in [6, 6.07) is 10.4. The molecule has 0 bridgehead atoms. The minimum Gasteiger partial charge on any atom is -0.508 e. The van der Waals surface area contributed by atoms with Crippen molar-refractivity contribution in [2.24, 2.45) is 0 Å². The summed E-state index contributed by atoms with van der Waals surface area (Å²) in [6.07, 6.45) is 1.34. The number of Topliss-reactive ketones (excluding diaryl/α,β-unsaturated/α-hetero) is 1. The highest BCUT2D eigenvalue weighted by Gasteiger charge is 2.30. The van der Waals surface area contributed by atoms with E-state index in [1.54, 1.807) is 23.1 Å². The van der Waals surface area contributed by atoms with Crippen molar-refractivity contribution in [3.8, 4) is 5.75 Å². The van der Waals surface area contributed by atoms with Crippen molar-refractivity contribution in [1.29, 1.82) is 0 Å². The number of rotatable bonds is 3. The number of carbonyl (C=O) groups is 3. The molecule has 1 aliphatic rings. The van der Waals surface area contributed by atoms with Gasteiger partial charge < -0.3 is 19.9 Å². The Hall–Kier alpha value is -3.68. The van der Waals surface area contributed by atoms with Gasteiger partial charge in [0.2, 0.25) is 0 Å². The zero-order chi connectivity index (χ0) is 20.5. The number of hydrogen-bond donors (Lipinski definition) is 2. The number of fused-ring (bicyclic) bond motifs is 1. The van der Waals surface area contributed by atoms with E-state index in [1.807, 2.05) is 0 Å². The fourth-order valence-electron chi connectivity index (χ4n) is 3.51. The topological polar surface area (TPSA) is 93.7 Å². The number of halogens is 1. The molecule has 2 N–H and O–H groups in total. The van der Waals surface area contributed by atoms with Gasteiger partial charge in [0.15, 0.2) is 0 Å². The Morgan fingerprint density at radius 2 is 1.66 bits per heavy atom. The number of aromatic nitrogens is 1. The number of aromatic amines is 1. The third kappa shape index (κ3) is 3.44. The SMILES string of the molecule is O=C(C(=O)N1CCN(C(=O)c2cccc(O)c2)CC1)c1c[nH]c2cccc(F)c12. The normalized spacial score (nSPS) is 14.2. The van der Waals surface area contributed by atoms with E-state index in [-0.39, 0.29) is 48.8 Å². The molecule has 1 aliphatic heterocycles. The minimum absolute atomic E-state index is 0.00113. The number of piperazine rings is 1. The monoisotopic (exact) mass is 395 g/mol. The molecule has 2 heterocycles. The van der Waals surface area contributed by atoms with Gasteiger partial charge in [-0.25, -0.2) is 4.39 Å². The summed E-state index contributed by atoms with van der Waals surface area (Å²) in [5, 5.41) is 9.63. The molecule has 2 aromatic carbocycles. The van der Waals surface area contributed by atoms with Crippen molar-refractivity contribution in [2.45, 2.75) is 0 Å². The summed E-state index contributed by atoms with van der Waals surface area (Å²) >= 11 is 0. The summed E-state index contributed by atoms with van der Waals surface area (Å²) in [5.41, 5.74) is 0.805. The first-order valence-electron chi connectivity index (χ1n) is 9.13. The lowest BCUT2D eigenvalue weighted by atomic mass is 10.1. The second-order valence-electron chi connectivity index (χ2n) is 6.83. The van der Waals surface area contributed by atoms with Crippen LogP contribution in [0.25, 0.3) is 10.9 Å². The lowest BCUT2D eigenvalue weighted by molar-refractivity contribution is -0.127. The summed E-state index contributed by atoms with van der Waals surface area (Å²) in [6.45, 7) is 0.908. The molecule has 1 saturated heterocycles. The van der Waals surface area contributed by atoms with Crippen molar-refractivity contribution in [3.05, 3.63) is 65.6 Å². The van der Waals surface area contributed by atoms with E-state index in [2.05, 4.69) is 4.98 Å². The highest BCUT2D eigenvalue weighted by atomic mass is 19.1. The van der Waals surface area contributed by atoms with Gasteiger partial charge in [0.25, 0.3) is 17.6 Å². The van der Waals surface area contributed by atoms with E-state index in [9.17, 15) is 23.9 Å². The van der Waals surface area contributed by atoms with E-state index in [0.717, 1.165) is 0 Å². The molecule has 2 amide bonds. The number of carbonyl (C=O) groups excluding carboxylic acids is 3. The Kier molecular flexibility index (Phi) is 4.75. The van der Waals surface area contributed by atoms with Crippen molar-refractivity contribution in [3.63, 3.8) is 0 Å². The highest BCUT2D eigenvalue weighted by Crippen LogP contribution is 2.23. The molecule has 0 atom stereocenters. The van der Waals surface area contributed by atoms with E-state index in [1.165, 1.54) is 35.4 Å². The molecule has 7 nitrogen and oxygen atoms in total. The molecular formula is C21H18FN3O4. The van der Waals surface area contributed by atoms with Crippen LogP contribution in [0.1, 0.15) is 20.7 Å². The van der Waals surface area contributed by atoms with Crippen molar-refractivity contribution >= 4 is 28.5 Å². The summed E-state index contributed by atoms with van der Waals surface area (Å²) in [7, 11) is 0. The van der Waals surface area contributed by atoms with Crippen molar-refractivity contribution in [1.82, 2.24) is 14.8 Å². The van der Waals surface area contributed by atoms with E-state index >= 15 is 0 Å². The zero-order valence-electron chi connectivity index (χ0n) is 15.4. The van der Waals surface area contributed by atoms with Crippen LogP contribution < -0.4 is 0 Å². The third-order valence-electron chi connectivity index (χ3n) is 5.04. The van der Waals surface area contributed by atoms with Gasteiger partial charge in [0.1, 0.15) is 11.6 Å². The fraction of sp³-hybridized carbons (Fsp3) is 0.190. The second kappa shape index (κ2) is 7.38. The van der Waals surface area contributed by atoms with Crippen LogP contribution in [-0.2, 0) is 4.79 Å². The first kappa shape index (κ1) is 18.7. The summed E-state index contributed by atoms with van der Waals surface area (Å²) in [5.74, 6) is -2.33. The van der Waals surface area contributed by atoms with Crippen LogP contribution in [0.2, 0.25) is 0 Å². The van der Waals surface area contributed by atoms with Gasteiger partial charge in [-0.1, -0.05) is 12.1 Å². The third-order valence-corrected chi connectivity index (χ3v) is 5.04. The van der Waals surface area contributed by atoms with E-state index in [4.69, 9.17) is 0 Å². The molecule has 8 heteroatoms. The molecule has 0 saturated carbocycles. The van der Waals surface area contributed by atoms with Crippen LogP contribution in [0.15, 0.2) is 48.7 Å². The van der Waals surface area contributed by atoms with Gasteiger partial charge >= 0.3 is 0 Å². The Morgan fingerprint density at radius 1 is 0.966 bits per heavy atom. The maximum absolute atomic E-state index is 14.1.